The van der Waals surface area contributed by atoms with Gasteiger partial charge in [0, 0.05) is 23.2 Å². The van der Waals surface area contributed by atoms with Gasteiger partial charge in [-0.25, -0.2) is 9.59 Å². The lowest BCUT2D eigenvalue weighted by atomic mass is 10.9. The van der Waals surface area contributed by atoms with Crippen molar-refractivity contribution in [2.45, 2.75) is 6.92 Å². The van der Waals surface area contributed by atoms with Gasteiger partial charge in [0.05, 0.1) is 6.61 Å². The van der Waals surface area contributed by atoms with E-state index in [2.05, 4.69) is 16.3 Å². The first kappa shape index (κ1) is 12.2. The minimum absolute atomic E-state index is 0.350. The maximum absolute atomic E-state index is 9.59. The van der Waals surface area contributed by atoms with Gasteiger partial charge in [-0.2, -0.15) is 0 Å². The van der Waals surface area contributed by atoms with Crippen LogP contribution in [0.1, 0.15) is 6.92 Å². The molecule has 0 heterocycles. The first-order valence-electron chi connectivity index (χ1n) is 2.21. The van der Waals surface area contributed by atoms with Gasteiger partial charge in [-0.15, -0.1) is 0 Å². The van der Waals surface area contributed by atoms with E-state index in [1.165, 1.54) is 0 Å². The van der Waals surface area contributed by atoms with Gasteiger partial charge in [-0.05, 0) is 6.92 Å². The third-order valence-electron chi connectivity index (χ3n) is 0.258. The van der Waals surface area contributed by atoms with E-state index < -0.39 is 10.9 Å². The molecule has 0 radical (unpaired) electrons. The van der Waals surface area contributed by atoms with Crippen LogP contribution in [0.2, 0.25) is 0 Å². The van der Waals surface area contributed by atoms with E-state index in [-0.39, 0.29) is 0 Å². The number of hydrogen-bond donors (Lipinski definition) is 1. The molecule has 0 aliphatic heterocycles. The van der Waals surface area contributed by atoms with Crippen molar-refractivity contribution in [3.63, 3.8) is 0 Å². The van der Waals surface area contributed by atoms with E-state index in [4.69, 9.17) is 21.5 Å². The van der Waals surface area contributed by atoms with Gasteiger partial charge in [-0.1, -0.05) is 0 Å². The number of carboxylic acid groups (broad SMARTS) is 1. The molecule has 6 heteroatoms. The summed E-state index contributed by atoms with van der Waals surface area (Å²) >= 11 is 8.91. The van der Waals surface area contributed by atoms with E-state index in [0.717, 1.165) is 0 Å². The minimum Gasteiger partial charge on any atom is -0.469 e. The van der Waals surface area contributed by atoms with Crippen molar-refractivity contribution in [3.8, 4) is 0 Å². The second kappa shape index (κ2) is 8.52. The Hall–Kier alpha value is -0.480. The van der Waals surface area contributed by atoms with Gasteiger partial charge in [0.15, 0.2) is 0 Å². The molecule has 0 atom stereocenters. The highest BCUT2D eigenvalue weighted by atomic mass is 35.5. The third kappa shape index (κ3) is 50.3. The van der Waals surface area contributed by atoms with Crippen molar-refractivity contribution in [1.29, 1.82) is 0 Å². The Morgan fingerprint density at radius 2 is 1.80 bits per heavy atom. The minimum atomic E-state index is -1.36. The number of hydrogen-bond acceptors (Lipinski definition) is 3. The van der Waals surface area contributed by atoms with Crippen molar-refractivity contribution in [2.24, 2.45) is 0 Å². The highest BCUT2D eigenvalue weighted by Gasteiger charge is 1.86. The van der Waals surface area contributed by atoms with Crippen LogP contribution in [0.15, 0.2) is 0 Å². The summed E-state index contributed by atoms with van der Waals surface area (Å²) in [5.74, 6) is 0. The zero-order chi connectivity index (χ0) is 8.57. The highest BCUT2D eigenvalue weighted by Crippen LogP contribution is 1.82. The van der Waals surface area contributed by atoms with Crippen LogP contribution in [-0.4, -0.2) is 22.6 Å². The van der Waals surface area contributed by atoms with Crippen LogP contribution in [0.5, 0.6) is 0 Å². The third-order valence-corrected chi connectivity index (χ3v) is 0.367. The Balaban J connectivity index is 0. The van der Waals surface area contributed by atoms with Crippen molar-refractivity contribution in [3.05, 3.63) is 0 Å². The first-order valence-corrected chi connectivity index (χ1v) is 2.97. The normalized spacial score (nSPS) is 7.10. The van der Waals surface area contributed by atoms with E-state index >= 15 is 0 Å². The Labute approximate surface area is 67.7 Å². The zero-order valence-corrected chi connectivity index (χ0v) is 6.65. The van der Waals surface area contributed by atoms with Crippen LogP contribution in [0, 0.1) is 0 Å². The van der Waals surface area contributed by atoms with E-state index in [1.807, 2.05) is 0 Å². The van der Waals surface area contributed by atoms with Crippen LogP contribution in [0.3, 0.4) is 0 Å². The summed E-state index contributed by atoms with van der Waals surface area (Å²) in [6.45, 7) is 2.04. The number of carbonyl (C=O) groups excluding carboxylic acids is 1. The summed E-state index contributed by atoms with van der Waals surface area (Å²) in [5.41, 5.74) is -2.10. The molecule has 10 heavy (non-hydrogen) atoms. The molecule has 0 fully saturated rings. The topological polar surface area (TPSA) is 63.6 Å². The van der Waals surface area contributed by atoms with Gasteiger partial charge >= 0.3 is 10.9 Å². The molecule has 0 saturated carbocycles. The fourth-order valence-corrected chi connectivity index (χ4v) is 0.223. The van der Waals surface area contributed by atoms with Gasteiger partial charge in [0.2, 0.25) is 0 Å². The first-order chi connectivity index (χ1) is 4.50. The molecular weight excluding hydrogens is 183 g/mol. The molecule has 0 aromatic carbocycles. The van der Waals surface area contributed by atoms with Gasteiger partial charge in [0.25, 0.3) is 0 Å². The van der Waals surface area contributed by atoms with Crippen molar-refractivity contribution in [2.75, 3.05) is 6.61 Å². The molecule has 0 amide bonds. The molecule has 0 saturated heterocycles. The molecule has 0 aliphatic carbocycles. The molecule has 0 aromatic rings. The van der Waals surface area contributed by atoms with Crippen LogP contribution >= 0.6 is 23.2 Å². The summed E-state index contributed by atoms with van der Waals surface area (Å²) in [6.07, 6.45) is 0. The van der Waals surface area contributed by atoms with Crippen LogP contribution < -0.4 is 0 Å². The monoisotopic (exact) mass is 188 g/mol. The second-order valence-corrected chi connectivity index (χ2v) is 1.56. The van der Waals surface area contributed by atoms with Crippen molar-refractivity contribution >= 4 is 34.1 Å². The van der Waals surface area contributed by atoms with Crippen LogP contribution in [-0.2, 0) is 4.74 Å². The van der Waals surface area contributed by atoms with E-state index in [0.29, 0.717) is 6.61 Å². The molecular formula is C4H6Cl2O4. The lowest BCUT2D eigenvalue weighted by Gasteiger charge is -1.86. The average Bonchev–Trinajstić information content (AvgIpc) is 1.62. The van der Waals surface area contributed by atoms with Gasteiger partial charge in [-0.3, -0.25) is 0 Å². The summed E-state index contributed by atoms with van der Waals surface area (Å²) in [6, 6.07) is 0. The van der Waals surface area contributed by atoms with Crippen LogP contribution in [0.4, 0.5) is 9.59 Å². The Morgan fingerprint density at radius 1 is 1.50 bits per heavy atom. The molecule has 0 spiro atoms. The summed E-state index contributed by atoms with van der Waals surface area (Å²) in [4.78, 5) is 18.4. The van der Waals surface area contributed by atoms with Crippen molar-refractivity contribution < 1.29 is 19.4 Å². The number of carbonyl (C=O) groups is 2. The summed E-state index contributed by atoms with van der Waals surface area (Å²) < 4.78 is 4.17. The smallest absolute Gasteiger partial charge is 0.403 e. The van der Waals surface area contributed by atoms with Crippen molar-refractivity contribution in [1.82, 2.24) is 0 Å². The Morgan fingerprint density at radius 3 is 1.80 bits per heavy atom. The predicted molar refractivity (Wildman–Crippen MR) is 36.8 cm³/mol. The van der Waals surface area contributed by atoms with Gasteiger partial charge < -0.3 is 9.84 Å². The lowest BCUT2D eigenvalue weighted by Crippen LogP contribution is -1.89. The maximum atomic E-state index is 9.59. The van der Waals surface area contributed by atoms with Gasteiger partial charge in [0.1, 0.15) is 0 Å². The molecule has 1 N–H and O–H groups in total. The SMILES string of the molecule is CCOC(=O)Cl.O=C(O)Cl. The second-order valence-electron chi connectivity index (χ2n) is 0.924. The molecule has 4 nitrogen and oxygen atoms in total. The molecule has 0 unspecified atom stereocenters. The van der Waals surface area contributed by atoms with E-state index in [1.54, 1.807) is 6.92 Å². The fraction of sp³-hybridized carbons (Fsp3) is 0.500. The molecule has 0 aromatic heterocycles. The number of halogens is 2. The standard InChI is InChI=1S/C3H5ClO2.CHClO2/c1-2-6-3(4)5;2-1(3)4/h2H2,1H3;(H,3,4). The largest absolute Gasteiger partial charge is 0.469 e. The molecule has 0 aliphatic rings. The molecule has 0 bridgehead atoms. The fourth-order valence-electron chi connectivity index (χ4n) is 0.113. The zero-order valence-electron chi connectivity index (χ0n) is 5.13. The summed E-state index contributed by atoms with van der Waals surface area (Å²) in [5, 5.41) is 7.18. The Kier molecular flexibility index (Phi) is 10.4. The lowest BCUT2D eigenvalue weighted by molar-refractivity contribution is 0.180. The number of ether oxygens (including phenoxy) is 1. The average molecular weight is 189 g/mol. The van der Waals surface area contributed by atoms with Crippen LogP contribution in [0.25, 0.3) is 0 Å². The predicted octanol–water partition coefficient (Wildman–Crippen LogP) is 2.28. The highest BCUT2D eigenvalue weighted by molar-refractivity contribution is 6.61. The molecule has 60 valence electrons. The van der Waals surface area contributed by atoms with E-state index in [9.17, 15) is 4.79 Å². The molecule has 0 rings (SSSR count). The summed E-state index contributed by atoms with van der Waals surface area (Å²) in [7, 11) is 0. The Bertz CT molecular complexity index is 110. The number of rotatable bonds is 1. The quantitative estimate of drug-likeness (QED) is 0.642. The maximum Gasteiger partial charge on any atom is 0.403 e.